The summed E-state index contributed by atoms with van der Waals surface area (Å²) < 4.78 is 1.61. The maximum Gasteiger partial charge on any atom is 0.328 e. The highest BCUT2D eigenvalue weighted by Gasteiger charge is 2.15. The molecule has 5 nitrogen and oxygen atoms in total. The van der Waals surface area contributed by atoms with Gasteiger partial charge in [-0.15, -0.1) is 12.4 Å². The monoisotopic (exact) mass is 231 g/mol. The Bertz CT molecular complexity index is 420. The number of halogens is 1. The molecule has 2 heterocycles. The molecular weight excluding hydrogens is 218 g/mol. The highest BCUT2D eigenvalue weighted by atomic mass is 35.5. The summed E-state index contributed by atoms with van der Waals surface area (Å²) in [5.74, 6) is 0. The Morgan fingerprint density at radius 2 is 1.93 bits per heavy atom. The predicted molar refractivity (Wildman–Crippen MR) is 59.7 cm³/mol. The van der Waals surface area contributed by atoms with E-state index in [-0.39, 0.29) is 29.7 Å². The number of hydrogen-bond donors (Lipinski definition) is 2. The van der Waals surface area contributed by atoms with E-state index >= 15 is 0 Å². The van der Waals surface area contributed by atoms with Gasteiger partial charge in [-0.2, -0.15) is 0 Å². The minimum atomic E-state index is -0.333. The number of H-pyrrole nitrogens is 1. The zero-order chi connectivity index (χ0) is 9.97. The van der Waals surface area contributed by atoms with Gasteiger partial charge < -0.3 is 5.32 Å². The summed E-state index contributed by atoms with van der Waals surface area (Å²) in [5.41, 5.74) is -0.635. The number of hydrogen-bond acceptors (Lipinski definition) is 3. The van der Waals surface area contributed by atoms with Crippen molar-refractivity contribution in [2.75, 3.05) is 13.1 Å². The van der Waals surface area contributed by atoms with E-state index in [9.17, 15) is 9.59 Å². The van der Waals surface area contributed by atoms with Crippen molar-refractivity contribution < 1.29 is 0 Å². The SMILES string of the molecule is Cl.O=c1ccn(C2CCNCC2)c(=O)[nH]1. The molecule has 0 radical (unpaired) electrons. The lowest BCUT2D eigenvalue weighted by molar-refractivity contribution is 0.356. The highest BCUT2D eigenvalue weighted by Crippen LogP contribution is 2.14. The fourth-order valence-corrected chi connectivity index (χ4v) is 1.80. The zero-order valence-electron chi connectivity index (χ0n) is 8.23. The van der Waals surface area contributed by atoms with E-state index in [4.69, 9.17) is 0 Å². The lowest BCUT2D eigenvalue weighted by atomic mass is 10.1. The molecule has 0 bridgehead atoms. The molecule has 1 saturated heterocycles. The first kappa shape index (κ1) is 12.0. The molecule has 0 atom stereocenters. The summed E-state index contributed by atoms with van der Waals surface area (Å²) in [6.45, 7) is 1.85. The summed E-state index contributed by atoms with van der Waals surface area (Å²) in [6.07, 6.45) is 3.45. The largest absolute Gasteiger partial charge is 0.328 e. The molecule has 15 heavy (non-hydrogen) atoms. The first-order valence-electron chi connectivity index (χ1n) is 4.79. The Hall–Kier alpha value is -1.07. The average molecular weight is 232 g/mol. The molecule has 84 valence electrons. The molecule has 0 unspecified atom stereocenters. The molecule has 1 aromatic rings. The number of aromatic amines is 1. The molecule has 0 saturated carbocycles. The van der Waals surface area contributed by atoms with Gasteiger partial charge in [0.05, 0.1) is 0 Å². The molecule has 2 rings (SSSR count). The third-order valence-electron chi connectivity index (χ3n) is 2.55. The number of nitrogens with zero attached hydrogens (tertiary/aromatic N) is 1. The van der Waals surface area contributed by atoms with Crippen LogP contribution < -0.4 is 16.6 Å². The molecule has 0 aromatic carbocycles. The van der Waals surface area contributed by atoms with Crippen molar-refractivity contribution in [2.45, 2.75) is 18.9 Å². The number of piperidine rings is 1. The molecule has 1 aromatic heterocycles. The topological polar surface area (TPSA) is 66.9 Å². The molecule has 0 spiro atoms. The summed E-state index contributed by atoms with van der Waals surface area (Å²) >= 11 is 0. The van der Waals surface area contributed by atoms with E-state index in [1.807, 2.05) is 0 Å². The van der Waals surface area contributed by atoms with Crippen LogP contribution >= 0.6 is 12.4 Å². The van der Waals surface area contributed by atoms with Crippen molar-refractivity contribution in [1.82, 2.24) is 14.9 Å². The van der Waals surface area contributed by atoms with Crippen molar-refractivity contribution >= 4 is 12.4 Å². The number of rotatable bonds is 1. The van der Waals surface area contributed by atoms with Crippen LogP contribution in [0.5, 0.6) is 0 Å². The maximum absolute atomic E-state index is 11.4. The van der Waals surface area contributed by atoms with Gasteiger partial charge in [-0.25, -0.2) is 4.79 Å². The van der Waals surface area contributed by atoms with Crippen LogP contribution in [-0.2, 0) is 0 Å². The van der Waals surface area contributed by atoms with Crippen LogP contribution in [0, 0.1) is 0 Å². The summed E-state index contributed by atoms with van der Waals surface area (Å²) in [5, 5.41) is 3.23. The van der Waals surface area contributed by atoms with Crippen LogP contribution in [0.4, 0.5) is 0 Å². The Kier molecular flexibility index (Phi) is 4.11. The molecule has 0 amide bonds. The van der Waals surface area contributed by atoms with E-state index in [0.29, 0.717) is 0 Å². The second-order valence-electron chi connectivity index (χ2n) is 3.50. The van der Waals surface area contributed by atoms with Gasteiger partial charge in [0.2, 0.25) is 0 Å². The third kappa shape index (κ3) is 2.70. The van der Waals surface area contributed by atoms with E-state index in [1.165, 1.54) is 6.07 Å². The van der Waals surface area contributed by atoms with Crippen molar-refractivity contribution in [3.8, 4) is 0 Å². The van der Waals surface area contributed by atoms with Crippen LogP contribution in [0.3, 0.4) is 0 Å². The van der Waals surface area contributed by atoms with Gasteiger partial charge >= 0.3 is 5.69 Å². The van der Waals surface area contributed by atoms with Gasteiger partial charge in [-0.05, 0) is 25.9 Å². The third-order valence-corrected chi connectivity index (χ3v) is 2.55. The number of aromatic nitrogens is 2. The van der Waals surface area contributed by atoms with E-state index in [2.05, 4.69) is 10.3 Å². The Morgan fingerprint density at radius 1 is 1.27 bits per heavy atom. The van der Waals surface area contributed by atoms with Gasteiger partial charge in [0.15, 0.2) is 0 Å². The van der Waals surface area contributed by atoms with E-state index in [1.54, 1.807) is 10.8 Å². The number of nitrogens with one attached hydrogen (secondary N) is 2. The van der Waals surface area contributed by atoms with E-state index < -0.39 is 0 Å². The van der Waals surface area contributed by atoms with Crippen molar-refractivity contribution in [2.24, 2.45) is 0 Å². The standard InChI is InChI=1S/C9H13N3O2.ClH/c13-8-3-6-12(9(14)11-8)7-1-4-10-5-2-7;/h3,6-7,10H,1-2,4-5H2,(H,11,13,14);1H. The molecule has 0 aliphatic carbocycles. The molecule has 1 aliphatic heterocycles. The lowest BCUT2D eigenvalue weighted by Crippen LogP contribution is -2.36. The average Bonchev–Trinajstić information content (AvgIpc) is 2.19. The molecule has 6 heteroatoms. The van der Waals surface area contributed by atoms with Crippen molar-refractivity contribution in [3.05, 3.63) is 33.1 Å². The normalized spacial score (nSPS) is 17.1. The smallest absolute Gasteiger partial charge is 0.317 e. The lowest BCUT2D eigenvalue weighted by Gasteiger charge is -2.23. The maximum atomic E-state index is 11.4. The van der Waals surface area contributed by atoms with E-state index in [0.717, 1.165) is 25.9 Å². The van der Waals surface area contributed by atoms with Crippen LogP contribution in [0.2, 0.25) is 0 Å². The summed E-state index contributed by atoms with van der Waals surface area (Å²) in [4.78, 5) is 24.5. The second kappa shape index (κ2) is 5.14. The summed E-state index contributed by atoms with van der Waals surface area (Å²) in [7, 11) is 0. The van der Waals surface area contributed by atoms with Gasteiger partial charge in [-0.3, -0.25) is 14.3 Å². The zero-order valence-corrected chi connectivity index (χ0v) is 9.05. The summed E-state index contributed by atoms with van der Waals surface area (Å²) in [6, 6.07) is 1.62. The first-order chi connectivity index (χ1) is 6.77. The quantitative estimate of drug-likeness (QED) is 0.709. The van der Waals surface area contributed by atoms with Crippen LogP contribution in [0.25, 0.3) is 0 Å². The van der Waals surface area contributed by atoms with Crippen LogP contribution in [0.1, 0.15) is 18.9 Å². The Balaban J connectivity index is 0.00000112. The molecule has 1 fully saturated rings. The molecule has 2 N–H and O–H groups in total. The Labute approximate surface area is 92.9 Å². The van der Waals surface area contributed by atoms with Crippen LogP contribution in [0.15, 0.2) is 21.9 Å². The fraction of sp³-hybridized carbons (Fsp3) is 0.556. The van der Waals surface area contributed by atoms with Gasteiger partial charge in [0.1, 0.15) is 0 Å². The predicted octanol–water partition coefficient (Wildman–Crippen LogP) is -0.117. The first-order valence-corrected chi connectivity index (χ1v) is 4.79. The van der Waals surface area contributed by atoms with Gasteiger partial charge in [-0.1, -0.05) is 0 Å². The van der Waals surface area contributed by atoms with Gasteiger partial charge in [0.25, 0.3) is 5.56 Å². The Morgan fingerprint density at radius 3 is 2.53 bits per heavy atom. The fourth-order valence-electron chi connectivity index (χ4n) is 1.80. The second-order valence-corrected chi connectivity index (χ2v) is 3.50. The van der Waals surface area contributed by atoms with Crippen molar-refractivity contribution in [1.29, 1.82) is 0 Å². The molecular formula is C9H14ClN3O2. The minimum Gasteiger partial charge on any atom is -0.317 e. The van der Waals surface area contributed by atoms with Crippen molar-refractivity contribution in [3.63, 3.8) is 0 Å². The van der Waals surface area contributed by atoms with Gasteiger partial charge in [0, 0.05) is 18.3 Å². The highest BCUT2D eigenvalue weighted by molar-refractivity contribution is 5.85. The van der Waals surface area contributed by atoms with Crippen LogP contribution in [-0.4, -0.2) is 22.6 Å². The molecule has 1 aliphatic rings. The minimum absolute atomic E-state index is 0.